The maximum atomic E-state index is 13.1. The lowest BCUT2D eigenvalue weighted by Gasteiger charge is -2.12. The first-order chi connectivity index (χ1) is 15.0. The van der Waals surface area contributed by atoms with E-state index in [0.29, 0.717) is 21.9 Å². The number of rotatable bonds is 6. The molecule has 1 N–H and O–H groups in total. The number of thiophene rings is 1. The number of carbonyl (C=O) groups excluding carboxylic acids is 1. The highest BCUT2D eigenvalue weighted by Gasteiger charge is 2.16. The molecule has 0 aliphatic heterocycles. The van der Waals surface area contributed by atoms with E-state index in [1.165, 1.54) is 23.1 Å². The zero-order chi connectivity index (χ0) is 22.0. The Morgan fingerprint density at radius 3 is 2.48 bits per heavy atom. The van der Waals surface area contributed by atoms with Gasteiger partial charge in [-0.05, 0) is 43.5 Å². The fraction of sp³-hybridized carbons (Fsp3) is 0.208. The number of fused-ring (bicyclic) bond motifs is 1. The molecule has 5 nitrogen and oxygen atoms in total. The molecule has 158 valence electrons. The number of para-hydroxylation sites is 1. The highest BCUT2D eigenvalue weighted by molar-refractivity contribution is 7.99. The summed E-state index contributed by atoms with van der Waals surface area (Å²) < 4.78 is 2.29. The summed E-state index contributed by atoms with van der Waals surface area (Å²) in [4.78, 5) is 31.4. The van der Waals surface area contributed by atoms with E-state index in [2.05, 4.69) is 5.32 Å². The molecule has 0 radical (unpaired) electrons. The first-order valence-corrected chi connectivity index (χ1v) is 11.9. The summed E-state index contributed by atoms with van der Waals surface area (Å²) in [5, 5.41) is 3.55. The quantitative estimate of drug-likeness (QED) is 0.312. The van der Waals surface area contributed by atoms with Crippen LogP contribution in [0, 0.1) is 13.8 Å². The van der Waals surface area contributed by atoms with Gasteiger partial charge in [0.15, 0.2) is 5.16 Å². The Hall–Kier alpha value is -2.90. The van der Waals surface area contributed by atoms with Crippen molar-refractivity contribution < 1.29 is 4.79 Å². The van der Waals surface area contributed by atoms with Crippen LogP contribution in [0.2, 0.25) is 0 Å². The molecule has 2 heterocycles. The summed E-state index contributed by atoms with van der Waals surface area (Å²) in [5.41, 5.74) is 4.57. The summed E-state index contributed by atoms with van der Waals surface area (Å²) in [7, 11) is 0. The van der Waals surface area contributed by atoms with Crippen molar-refractivity contribution in [2.24, 2.45) is 0 Å². The van der Waals surface area contributed by atoms with Crippen LogP contribution in [0.3, 0.4) is 0 Å². The van der Waals surface area contributed by atoms with Crippen molar-refractivity contribution in [1.29, 1.82) is 0 Å². The Morgan fingerprint density at radius 1 is 1.10 bits per heavy atom. The normalized spacial score (nSPS) is 11.1. The third kappa shape index (κ3) is 4.43. The van der Waals surface area contributed by atoms with Gasteiger partial charge in [-0.25, -0.2) is 4.98 Å². The third-order valence-corrected chi connectivity index (χ3v) is 7.19. The molecule has 4 aromatic rings. The number of anilines is 1. The van der Waals surface area contributed by atoms with Gasteiger partial charge < -0.3 is 5.32 Å². The molecule has 2 aromatic heterocycles. The number of nitrogens with zero attached hydrogens (tertiary/aromatic N) is 2. The monoisotopic (exact) mass is 449 g/mol. The number of amides is 1. The van der Waals surface area contributed by atoms with Gasteiger partial charge >= 0.3 is 0 Å². The van der Waals surface area contributed by atoms with Crippen LogP contribution in [0.25, 0.3) is 20.7 Å². The number of hydrogen-bond acceptors (Lipinski definition) is 5. The lowest BCUT2D eigenvalue weighted by atomic mass is 10.1. The van der Waals surface area contributed by atoms with Crippen molar-refractivity contribution in [2.45, 2.75) is 32.5 Å². The molecule has 0 fully saturated rings. The number of aromatic nitrogens is 2. The van der Waals surface area contributed by atoms with Crippen LogP contribution >= 0.6 is 23.1 Å². The number of nitrogens with one attached hydrogen (secondary N) is 1. The molecule has 1 amide bonds. The van der Waals surface area contributed by atoms with Crippen LogP contribution in [0.15, 0.2) is 64.5 Å². The number of carbonyl (C=O) groups is 1. The molecule has 4 rings (SSSR count). The average molecular weight is 450 g/mol. The van der Waals surface area contributed by atoms with Crippen LogP contribution in [-0.2, 0) is 11.3 Å². The van der Waals surface area contributed by atoms with Gasteiger partial charge in [0, 0.05) is 17.1 Å². The summed E-state index contributed by atoms with van der Waals surface area (Å²) >= 11 is 2.75. The molecule has 0 saturated heterocycles. The Kier molecular flexibility index (Phi) is 6.25. The van der Waals surface area contributed by atoms with Gasteiger partial charge in [0.05, 0.1) is 11.3 Å². The Bertz CT molecular complexity index is 1290. The minimum absolute atomic E-state index is 0.0580. The van der Waals surface area contributed by atoms with Gasteiger partial charge in [0.1, 0.15) is 4.70 Å². The fourth-order valence-corrected chi connectivity index (χ4v) is 5.36. The lowest BCUT2D eigenvalue weighted by molar-refractivity contribution is -0.113. The van der Waals surface area contributed by atoms with E-state index in [4.69, 9.17) is 4.98 Å². The summed E-state index contributed by atoms with van der Waals surface area (Å²) in [5.74, 6) is 0.0659. The predicted molar refractivity (Wildman–Crippen MR) is 130 cm³/mol. The fourth-order valence-electron chi connectivity index (χ4n) is 3.44. The van der Waals surface area contributed by atoms with E-state index in [1.807, 2.05) is 75.4 Å². The molecule has 0 unspecified atom stereocenters. The second-order valence-electron chi connectivity index (χ2n) is 7.24. The van der Waals surface area contributed by atoms with E-state index < -0.39 is 0 Å². The molecule has 0 aliphatic rings. The van der Waals surface area contributed by atoms with Gasteiger partial charge in [-0.1, -0.05) is 60.3 Å². The van der Waals surface area contributed by atoms with Crippen LogP contribution in [0.4, 0.5) is 5.69 Å². The van der Waals surface area contributed by atoms with E-state index in [1.54, 1.807) is 4.57 Å². The average Bonchev–Trinajstić information content (AvgIpc) is 3.20. The van der Waals surface area contributed by atoms with E-state index >= 15 is 0 Å². The number of thioether (sulfide) groups is 1. The summed E-state index contributed by atoms with van der Waals surface area (Å²) in [6.45, 7) is 6.37. The van der Waals surface area contributed by atoms with Crippen molar-refractivity contribution >= 4 is 44.9 Å². The summed E-state index contributed by atoms with van der Waals surface area (Å²) in [6, 6.07) is 17.9. The van der Waals surface area contributed by atoms with Gasteiger partial charge in [-0.3, -0.25) is 14.2 Å². The third-order valence-electron chi connectivity index (χ3n) is 5.05. The van der Waals surface area contributed by atoms with Crippen molar-refractivity contribution in [2.75, 3.05) is 11.1 Å². The molecule has 0 atom stereocenters. The predicted octanol–water partition coefficient (Wildman–Crippen LogP) is 5.49. The molecule has 31 heavy (non-hydrogen) atoms. The van der Waals surface area contributed by atoms with Gasteiger partial charge in [-0.15, -0.1) is 11.3 Å². The number of hydrogen-bond donors (Lipinski definition) is 1. The topological polar surface area (TPSA) is 64.0 Å². The first-order valence-electron chi connectivity index (χ1n) is 10.1. The van der Waals surface area contributed by atoms with Crippen LogP contribution in [0.1, 0.15) is 18.1 Å². The molecule has 2 aromatic carbocycles. The molecular formula is C24H23N3O2S2. The van der Waals surface area contributed by atoms with Crippen LogP contribution < -0.4 is 10.9 Å². The standard InChI is InChI=1S/C24H23N3O2S2/c1-4-27-23(29)22-18(13-19(31-22)17-11-6-5-7-12-17)25-24(27)30-14-20(28)26-21-15(2)9-8-10-16(21)3/h5-13H,4,14H2,1-3H3,(H,26,28). The van der Waals surface area contributed by atoms with Crippen molar-refractivity contribution in [3.8, 4) is 10.4 Å². The van der Waals surface area contributed by atoms with Gasteiger partial charge in [0.25, 0.3) is 5.56 Å². The Balaban J connectivity index is 1.60. The molecule has 0 spiro atoms. The molecule has 0 aliphatic carbocycles. The number of benzene rings is 2. The Morgan fingerprint density at radius 2 is 1.81 bits per heavy atom. The first kappa shape index (κ1) is 21.3. The van der Waals surface area contributed by atoms with Gasteiger partial charge in [0.2, 0.25) is 5.91 Å². The Labute approximate surface area is 189 Å². The van der Waals surface area contributed by atoms with E-state index in [0.717, 1.165) is 27.3 Å². The zero-order valence-corrected chi connectivity index (χ0v) is 19.3. The van der Waals surface area contributed by atoms with Crippen molar-refractivity contribution in [3.63, 3.8) is 0 Å². The van der Waals surface area contributed by atoms with E-state index in [9.17, 15) is 9.59 Å². The minimum atomic E-state index is -0.116. The molecule has 0 saturated carbocycles. The van der Waals surface area contributed by atoms with Crippen LogP contribution in [-0.4, -0.2) is 21.2 Å². The maximum absolute atomic E-state index is 13.1. The SMILES string of the molecule is CCn1c(SCC(=O)Nc2c(C)cccc2C)nc2cc(-c3ccccc3)sc2c1=O. The highest BCUT2D eigenvalue weighted by atomic mass is 32.2. The minimum Gasteiger partial charge on any atom is -0.325 e. The van der Waals surface area contributed by atoms with Gasteiger partial charge in [-0.2, -0.15) is 0 Å². The van der Waals surface area contributed by atoms with Crippen molar-refractivity contribution in [1.82, 2.24) is 9.55 Å². The largest absolute Gasteiger partial charge is 0.325 e. The second kappa shape index (κ2) is 9.08. The molecular weight excluding hydrogens is 426 g/mol. The number of aryl methyl sites for hydroxylation is 2. The van der Waals surface area contributed by atoms with Crippen LogP contribution in [0.5, 0.6) is 0 Å². The molecule has 7 heteroatoms. The zero-order valence-electron chi connectivity index (χ0n) is 17.6. The lowest BCUT2D eigenvalue weighted by Crippen LogP contribution is -2.23. The van der Waals surface area contributed by atoms with Crippen molar-refractivity contribution in [3.05, 3.63) is 76.1 Å². The maximum Gasteiger partial charge on any atom is 0.272 e. The summed E-state index contributed by atoms with van der Waals surface area (Å²) in [6.07, 6.45) is 0. The second-order valence-corrected chi connectivity index (χ2v) is 9.23. The highest BCUT2D eigenvalue weighted by Crippen LogP contribution is 2.32. The van der Waals surface area contributed by atoms with E-state index in [-0.39, 0.29) is 17.2 Å². The smallest absolute Gasteiger partial charge is 0.272 e. The molecule has 0 bridgehead atoms.